The second kappa shape index (κ2) is 5.35. The highest BCUT2D eigenvalue weighted by molar-refractivity contribution is 7.10. The number of benzene rings is 1. The van der Waals surface area contributed by atoms with Crippen molar-refractivity contribution in [2.24, 2.45) is 0 Å². The quantitative estimate of drug-likeness (QED) is 0.533. The Bertz CT molecular complexity index is 692. The SMILES string of the molecule is CC1OC(c2ccc(N)c([N+](=O)[O-])c2)(c2cccs2)OC1C. The van der Waals surface area contributed by atoms with Crippen LogP contribution >= 0.6 is 11.3 Å². The van der Waals surface area contributed by atoms with E-state index in [9.17, 15) is 10.1 Å². The van der Waals surface area contributed by atoms with E-state index in [1.165, 1.54) is 23.5 Å². The Morgan fingerprint density at radius 3 is 2.50 bits per heavy atom. The van der Waals surface area contributed by atoms with Gasteiger partial charge in [-0.1, -0.05) is 12.1 Å². The van der Waals surface area contributed by atoms with E-state index in [1.807, 2.05) is 31.4 Å². The Labute approximate surface area is 131 Å². The van der Waals surface area contributed by atoms with Gasteiger partial charge < -0.3 is 15.2 Å². The number of thiophene rings is 1. The summed E-state index contributed by atoms with van der Waals surface area (Å²) in [6.45, 7) is 3.84. The summed E-state index contributed by atoms with van der Waals surface area (Å²) in [5.41, 5.74) is 6.23. The smallest absolute Gasteiger partial charge is 0.292 e. The number of rotatable bonds is 3. The standard InChI is InChI=1S/C15H16N2O4S/c1-9-10(2)21-15(20-9,14-4-3-7-22-14)11-5-6-12(16)13(8-11)17(18)19/h3-10H,16H2,1-2H3. The molecule has 0 saturated carbocycles. The number of ether oxygens (including phenoxy) is 2. The molecule has 2 unspecified atom stereocenters. The maximum atomic E-state index is 11.2. The van der Waals surface area contributed by atoms with Crippen LogP contribution in [-0.2, 0) is 15.3 Å². The van der Waals surface area contributed by atoms with E-state index in [0.717, 1.165) is 4.88 Å². The van der Waals surface area contributed by atoms with E-state index in [1.54, 1.807) is 6.07 Å². The number of anilines is 1. The van der Waals surface area contributed by atoms with E-state index in [2.05, 4.69) is 0 Å². The van der Waals surface area contributed by atoms with Crippen LogP contribution in [0.5, 0.6) is 0 Å². The van der Waals surface area contributed by atoms with Gasteiger partial charge in [0.05, 0.1) is 22.0 Å². The van der Waals surface area contributed by atoms with Gasteiger partial charge >= 0.3 is 0 Å². The van der Waals surface area contributed by atoms with Crippen molar-refractivity contribution in [1.29, 1.82) is 0 Å². The molecule has 2 atom stereocenters. The molecule has 0 radical (unpaired) electrons. The molecular formula is C15H16N2O4S. The first-order valence-electron chi connectivity index (χ1n) is 6.88. The van der Waals surface area contributed by atoms with E-state index < -0.39 is 10.7 Å². The zero-order valence-corrected chi connectivity index (χ0v) is 13.0. The lowest BCUT2D eigenvalue weighted by Gasteiger charge is -2.27. The molecule has 6 nitrogen and oxygen atoms in total. The van der Waals surface area contributed by atoms with Crippen molar-refractivity contribution in [3.05, 3.63) is 56.3 Å². The predicted octanol–water partition coefficient (Wildman–Crippen LogP) is 3.26. The van der Waals surface area contributed by atoms with E-state index in [0.29, 0.717) is 5.56 Å². The molecule has 1 aliphatic rings. The van der Waals surface area contributed by atoms with Crippen molar-refractivity contribution < 1.29 is 14.4 Å². The Morgan fingerprint density at radius 2 is 1.95 bits per heavy atom. The van der Waals surface area contributed by atoms with Gasteiger partial charge in [-0.05, 0) is 31.4 Å². The lowest BCUT2D eigenvalue weighted by molar-refractivity contribution is -0.384. The monoisotopic (exact) mass is 320 g/mol. The van der Waals surface area contributed by atoms with Crippen molar-refractivity contribution >= 4 is 22.7 Å². The van der Waals surface area contributed by atoms with Crippen molar-refractivity contribution in [3.63, 3.8) is 0 Å². The minimum atomic E-state index is -1.12. The first-order valence-corrected chi connectivity index (χ1v) is 7.76. The largest absolute Gasteiger partial charge is 0.393 e. The average Bonchev–Trinajstić information content (AvgIpc) is 3.09. The fraction of sp³-hybridized carbons (Fsp3) is 0.333. The number of nitrogens with zero attached hydrogens (tertiary/aromatic N) is 1. The van der Waals surface area contributed by atoms with E-state index in [4.69, 9.17) is 15.2 Å². The lowest BCUT2D eigenvalue weighted by atomic mass is 10.0. The summed E-state index contributed by atoms with van der Waals surface area (Å²) in [5, 5.41) is 13.1. The topological polar surface area (TPSA) is 87.6 Å². The minimum Gasteiger partial charge on any atom is -0.393 e. The number of nitrogen functional groups attached to an aromatic ring is 1. The van der Waals surface area contributed by atoms with Gasteiger partial charge in [-0.3, -0.25) is 10.1 Å². The highest BCUT2D eigenvalue weighted by Gasteiger charge is 2.48. The van der Waals surface area contributed by atoms with Gasteiger partial charge in [-0.25, -0.2) is 0 Å². The molecule has 3 rings (SSSR count). The first kappa shape index (κ1) is 15.0. The van der Waals surface area contributed by atoms with Gasteiger partial charge in [0.2, 0.25) is 5.79 Å². The van der Waals surface area contributed by atoms with Gasteiger partial charge in [-0.15, -0.1) is 11.3 Å². The number of hydrogen-bond donors (Lipinski definition) is 1. The van der Waals surface area contributed by atoms with Crippen LogP contribution in [0.2, 0.25) is 0 Å². The van der Waals surface area contributed by atoms with Gasteiger partial charge in [0.25, 0.3) is 5.69 Å². The van der Waals surface area contributed by atoms with Crippen LogP contribution < -0.4 is 5.73 Å². The molecular weight excluding hydrogens is 304 g/mol. The van der Waals surface area contributed by atoms with E-state index >= 15 is 0 Å². The molecule has 1 aromatic heterocycles. The number of nitro benzene ring substituents is 1. The fourth-order valence-electron chi connectivity index (χ4n) is 2.51. The van der Waals surface area contributed by atoms with Crippen molar-refractivity contribution in [1.82, 2.24) is 0 Å². The summed E-state index contributed by atoms with van der Waals surface area (Å²) in [4.78, 5) is 11.5. The summed E-state index contributed by atoms with van der Waals surface area (Å²) >= 11 is 1.49. The van der Waals surface area contributed by atoms with Crippen LogP contribution in [0.4, 0.5) is 11.4 Å². The number of nitro groups is 1. The number of hydrogen-bond acceptors (Lipinski definition) is 6. The van der Waals surface area contributed by atoms with Crippen molar-refractivity contribution in [2.45, 2.75) is 31.8 Å². The van der Waals surface area contributed by atoms with Crippen LogP contribution in [0, 0.1) is 10.1 Å². The van der Waals surface area contributed by atoms with Crippen LogP contribution in [0.25, 0.3) is 0 Å². The van der Waals surface area contributed by atoms with Gasteiger partial charge in [0.1, 0.15) is 5.69 Å². The third kappa shape index (κ3) is 2.27. The van der Waals surface area contributed by atoms with Crippen molar-refractivity contribution in [2.75, 3.05) is 5.73 Å². The molecule has 22 heavy (non-hydrogen) atoms. The van der Waals surface area contributed by atoms with Crippen LogP contribution in [-0.4, -0.2) is 17.1 Å². The molecule has 2 aromatic rings. The van der Waals surface area contributed by atoms with Crippen molar-refractivity contribution in [3.8, 4) is 0 Å². The van der Waals surface area contributed by atoms with Gasteiger partial charge in [0, 0.05) is 11.6 Å². The third-order valence-electron chi connectivity index (χ3n) is 3.82. The highest BCUT2D eigenvalue weighted by atomic mass is 32.1. The summed E-state index contributed by atoms with van der Waals surface area (Å²) in [6.07, 6.45) is -0.252. The summed E-state index contributed by atoms with van der Waals surface area (Å²) in [5.74, 6) is -1.12. The van der Waals surface area contributed by atoms with Gasteiger partial charge in [0.15, 0.2) is 0 Å². The zero-order valence-electron chi connectivity index (χ0n) is 12.2. The van der Waals surface area contributed by atoms with Crippen LogP contribution in [0.3, 0.4) is 0 Å². The average molecular weight is 320 g/mol. The molecule has 2 N–H and O–H groups in total. The summed E-state index contributed by atoms with van der Waals surface area (Å²) in [6, 6.07) is 8.46. The Hall–Kier alpha value is -1.96. The molecule has 1 fully saturated rings. The molecule has 7 heteroatoms. The highest BCUT2D eigenvalue weighted by Crippen LogP contribution is 2.46. The molecule has 0 bridgehead atoms. The second-order valence-corrected chi connectivity index (χ2v) is 6.22. The molecule has 116 valence electrons. The van der Waals surface area contributed by atoms with E-state index in [-0.39, 0.29) is 23.6 Å². The Kier molecular flexibility index (Phi) is 3.64. The fourth-order valence-corrected chi connectivity index (χ4v) is 3.34. The molecule has 0 spiro atoms. The lowest BCUT2D eigenvalue weighted by Crippen LogP contribution is -2.28. The van der Waals surface area contributed by atoms with Gasteiger partial charge in [-0.2, -0.15) is 0 Å². The molecule has 2 heterocycles. The summed E-state index contributed by atoms with van der Waals surface area (Å²) < 4.78 is 12.2. The maximum absolute atomic E-state index is 11.2. The summed E-state index contributed by atoms with van der Waals surface area (Å²) in [7, 11) is 0. The van der Waals surface area contributed by atoms with Crippen LogP contribution in [0.15, 0.2) is 35.7 Å². The minimum absolute atomic E-state index is 0.120. The molecule has 1 aromatic carbocycles. The van der Waals surface area contributed by atoms with Crippen LogP contribution in [0.1, 0.15) is 24.3 Å². The molecule has 1 saturated heterocycles. The third-order valence-corrected chi connectivity index (χ3v) is 4.77. The second-order valence-electron chi connectivity index (χ2n) is 5.27. The molecule has 1 aliphatic heterocycles. The molecule has 0 aliphatic carbocycles. The molecule has 0 amide bonds. The maximum Gasteiger partial charge on any atom is 0.292 e. The number of nitrogens with two attached hydrogens (primary N) is 1. The predicted molar refractivity (Wildman–Crippen MR) is 83.7 cm³/mol. The first-order chi connectivity index (χ1) is 10.4. The normalized spacial score (nSPS) is 27.9. The Morgan fingerprint density at radius 1 is 1.27 bits per heavy atom. The Balaban J connectivity index is 2.16. The zero-order chi connectivity index (χ0) is 15.9.